The van der Waals surface area contributed by atoms with Crippen LogP contribution in [0, 0.1) is 35.0 Å². The summed E-state index contributed by atoms with van der Waals surface area (Å²) >= 11 is 0. The highest BCUT2D eigenvalue weighted by molar-refractivity contribution is 7.91. The van der Waals surface area contributed by atoms with Crippen molar-refractivity contribution in [3.63, 3.8) is 0 Å². The van der Waals surface area contributed by atoms with Crippen LogP contribution in [0.4, 0.5) is 22.4 Å². The van der Waals surface area contributed by atoms with Crippen LogP contribution in [0.1, 0.15) is 105 Å². The van der Waals surface area contributed by atoms with E-state index in [0.717, 1.165) is 17.7 Å². The zero-order chi connectivity index (χ0) is 44.0. The van der Waals surface area contributed by atoms with Gasteiger partial charge >= 0.3 is 6.09 Å². The smallest absolute Gasteiger partial charge is 0.408 e. The van der Waals surface area contributed by atoms with Crippen LogP contribution in [0.3, 0.4) is 0 Å². The molecule has 4 amide bonds. The van der Waals surface area contributed by atoms with Gasteiger partial charge in [-0.05, 0) is 93.6 Å². The second kappa shape index (κ2) is 15.2. The predicted octanol–water partition coefficient (Wildman–Crippen LogP) is 5.58. The van der Waals surface area contributed by atoms with Gasteiger partial charge in [0.1, 0.15) is 29.8 Å². The molecule has 0 radical (unpaired) electrons. The minimum absolute atomic E-state index is 0.0560. The number of halogens is 4. The molecule has 4 aliphatic carbocycles. The zero-order valence-electron chi connectivity index (χ0n) is 34.9. The van der Waals surface area contributed by atoms with Gasteiger partial charge in [-0.2, -0.15) is 8.78 Å². The normalized spacial score (nSPS) is 34.6. The number of ether oxygens (including phenoxy) is 2. The average molecular weight is 879 g/mol. The van der Waals surface area contributed by atoms with Gasteiger partial charge in [-0.3, -0.25) is 19.1 Å². The number of aromatic nitrogens is 2. The topological polar surface area (TPSA) is 186 Å². The molecule has 4 saturated carbocycles. The van der Waals surface area contributed by atoms with Crippen molar-refractivity contribution in [2.45, 2.75) is 146 Å². The van der Waals surface area contributed by atoms with Gasteiger partial charge in [-0.1, -0.05) is 46.2 Å². The molecule has 10 atom stereocenters. The zero-order valence-corrected chi connectivity index (χ0v) is 35.7. The Bertz CT molecular complexity index is 2220. The van der Waals surface area contributed by atoms with E-state index in [1.54, 1.807) is 45.0 Å². The van der Waals surface area contributed by atoms with Crippen molar-refractivity contribution < 1.29 is 54.6 Å². The molecule has 19 heteroatoms. The minimum atomic E-state index is -4.30. The highest BCUT2D eigenvalue weighted by atomic mass is 32.2. The summed E-state index contributed by atoms with van der Waals surface area (Å²) in [6.45, 7) is 7.58. The Morgan fingerprint density at radius 2 is 1.66 bits per heavy atom. The number of hydrogen-bond acceptors (Lipinski definition) is 10. The second-order valence-corrected chi connectivity index (χ2v) is 21.7. The van der Waals surface area contributed by atoms with Crippen LogP contribution in [-0.2, 0) is 35.1 Å². The van der Waals surface area contributed by atoms with Crippen molar-refractivity contribution in [1.29, 1.82) is 0 Å². The molecule has 2 bridgehead atoms. The highest BCUT2D eigenvalue weighted by Gasteiger charge is 2.68. The van der Waals surface area contributed by atoms with Crippen LogP contribution in [0.5, 0.6) is 5.88 Å². The van der Waals surface area contributed by atoms with Crippen molar-refractivity contribution in [3.8, 4) is 5.88 Å². The van der Waals surface area contributed by atoms with Crippen molar-refractivity contribution >= 4 is 44.9 Å². The highest BCUT2D eigenvalue weighted by Crippen LogP contribution is 2.54. The van der Waals surface area contributed by atoms with Crippen LogP contribution in [-0.4, -0.2) is 94.6 Å². The summed E-state index contributed by atoms with van der Waals surface area (Å²) in [6, 6.07) is 3.51. The van der Waals surface area contributed by atoms with Crippen LogP contribution < -0.4 is 20.1 Å². The lowest BCUT2D eigenvalue weighted by atomic mass is 9.71. The van der Waals surface area contributed by atoms with E-state index in [-0.39, 0.29) is 42.1 Å². The number of amides is 4. The van der Waals surface area contributed by atoms with Crippen molar-refractivity contribution in [2.24, 2.45) is 35.0 Å². The molecule has 334 valence electrons. The number of carbonyl (C=O) groups is 4. The first kappa shape index (κ1) is 43.4. The van der Waals surface area contributed by atoms with E-state index in [4.69, 9.17) is 9.47 Å². The van der Waals surface area contributed by atoms with E-state index in [1.165, 1.54) is 13.8 Å². The first-order chi connectivity index (χ1) is 28.5. The first-order valence-electron chi connectivity index (χ1n) is 21.3. The number of sulfonamides is 1. The van der Waals surface area contributed by atoms with Gasteiger partial charge in [0.2, 0.25) is 34.1 Å². The number of rotatable bonds is 6. The average Bonchev–Trinajstić information content (AvgIpc) is 4.06. The van der Waals surface area contributed by atoms with E-state index in [2.05, 4.69) is 20.6 Å². The van der Waals surface area contributed by atoms with Gasteiger partial charge < -0.3 is 25.0 Å². The molecular weight excluding hydrogens is 825 g/mol. The van der Waals surface area contributed by atoms with E-state index in [0.29, 0.717) is 25.2 Å². The Morgan fingerprint density at radius 1 is 0.967 bits per heavy atom. The molecule has 0 spiro atoms. The quantitative estimate of drug-likeness (QED) is 0.310. The summed E-state index contributed by atoms with van der Waals surface area (Å²) in [5.74, 6) is -9.48. The third-order valence-corrected chi connectivity index (χ3v) is 16.5. The molecule has 10 unspecified atom stereocenters. The van der Waals surface area contributed by atoms with E-state index < -0.39 is 129 Å². The molecule has 2 aliphatic heterocycles. The number of nitrogens with zero attached hydrogens (tertiary/aromatic N) is 3. The van der Waals surface area contributed by atoms with E-state index >= 15 is 8.78 Å². The van der Waals surface area contributed by atoms with Crippen LogP contribution in [0.2, 0.25) is 0 Å². The number of carbonyl (C=O) groups excluding carboxylic acids is 4. The largest absolute Gasteiger partial charge is 0.471 e. The Labute approximate surface area is 352 Å². The predicted molar refractivity (Wildman–Crippen MR) is 212 cm³/mol. The number of para-hydroxylation sites is 2. The summed E-state index contributed by atoms with van der Waals surface area (Å²) in [7, 11) is -4.30. The molecule has 1 aromatic heterocycles. The van der Waals surface area contributed by atoms with Gasteiger partial charge in [-0.15, -0.1) is 0 Å². The first-order valence-corrected chi connectivity index (χ1v) is 22.8. The lowest BCUT2D eigenvalue weighted by Crippen LogP contribution is -2.61. The fourth-order valence-corrected chi connectivity index (χ4v) is 11.3. The maximum atomic E-state index is 16.5. The molecule has 3 heterocycles. The Balaban J connectivity index is 1.17. The molecule has 8 rings (SSSR count). The van der Waals surface area contributed by atoms with E-state index in [1.807, 2.05) is 4.72 Å². The third-order valence-electron chi connectivity index (χ3n) is 14.3. The summed E-state index contributed by atoms with van der Waals surface area (Å²) < 4.78 is 101. The fourth-order valence-electron chi connectivity index (χ4n) is 9.97. The second-order valence-electron chi connectivity index (χ2n) is 19.5. The van der Waals surface area contributed by atoms with Gasteiger partial charge in [0.05, 0.1) is 28.2 Å². The van der Waals surface area contributed by atoms with Crippen molar-refractivity contribution in [2.75, 3.05) is 6.54 Å². The molecule has 1 saturated heterocycles. The van der Waals surface area contributed by atoms with Gasteiger partial charge in [0, 0.05) is 12.3 Å². The maximum Gasteiger partial charge on any atom is 0.408 e. The molecule has 1 aromatic carbocycles. The van der Waals surface area contributed by atoms with Crippen LogP contribution in [0.15, 0.2) is 24.3 Å². The van der Waals surface area contributed by atoms with Gasteiger partial charge in [0.15, 0.2) is 5.69 Å². The lowest BCUT2D eigenvalue weighted by molar-refractivity contribution is -0.143. The van der Waals surface area contributed by atoms with Crippen LogP contribution in [0.25, 0.3) is 11.0 Å². The van der Waals surface area contributed by atoms with Gasteiger partial charge in [-0.25, -0.2) is 32.0 Å². The monoisotopic (exact) mass is 878 g/mol. The Hall–Kier alpha value is -4.29. The number of fused-ring (bicyclic) bond motifs is 7. The maximum absolute atomic E-state index is 16.5. The molecule has 6 aliphatic rings. The molecule has 61 heavy (non-hydrogen) atoms. The summed E-state index contributed by atoms with van der Waals surface area (Å²) in [6.07, 6.45) is -2.72. The molecule has 14 nitrogen and oxygen atoms in total. The summed E-state index contributed by atoms with van der Waals surface area (Å²) in [4.78, 5) is 66.8. The number of alkyl halides is 4. The number of hydrogen-bond donors (Lipinski definition) is 3. The molecule has 5 fully saturated rings. The van der Waals surface area contributed by atoms with Crippen molar-refractivity contribution in [3.05, 3.63) is 30.0 Å². The third kappa shape index (κ3) is 7.89. The number of benzene rings is 1. The van der Waals surface area contributed by atoms with Crippen LogP contribution >= 0.6 is 0 Å². The molecule has 3 N–H and O–H groups in total. The van der Waals surface area contributed by atoms with Crippen molar-refractivity contribution in [1.82, 2.24) is 30.2 Å². The Morgan fingerprint density at radius 3 is 2.26 bits per heavy atom. The Kier molecular flexibility index (Phi) is 10.8. The fraction of sp³-hybridized carbons (Fsp3) is 0.714. The van der Waals surface area contributed by atoms with Gasteiger partial charge in [0.25, 0.3) is 11.8 Å². The summed E-state index contributed by atoms with van der Waals surface area (Å²) in [5.41, 5.74) is -3.61. The lowest BCUT2D eigenvalue weighted by Gasteiger charge is -2.36. The SMILES string of the molecule is CC1C2CN(C(=O)C(C(C)(C)C)NC(=O)OC3CC4CCC4C3CCCCC(F)(F)c3nc4ccccc4nc3O2)C1C(=O)NC1(C(=O)NS(=O)(=O)C2(C)CC2)CC1C(F)F. The van der Waals surface area contributed by atoms with E-state index in [9.17, 15) is 36.4 Å². The number of nitrogens with one attached hydrogen (secondary N) is 3. The number of alkyl carbamates (subject to hydrolysis) is 1. The standard InChI is InChI=1S/C42H54F4N6O8S/c1-21-29-20-52(30(21)34(53)50-41(19-25(41)33(43)44)37(55)51-61(57,58)40(5)16-17-40)36(54)32(39(2,3)4)49-38(56)60-28-18-22-13-14-23(22)24(28)10-8-9-15-42(45,46)31-35(59-29)48-27-12-7-6-11-26(27)47-31/h6-7,11-12,21-25,28-30,32-33H,8-10,13-20H2,1-5H3,(H,49,56)(H,50,53)(H,51,55). The molecule has 2 aromatic rings. The minimum Gasteiger partial charge on any atom is -0.471 e. The molecular formula is C42H54F4N6O8S. The summed E-state index contributed by atoms with van der Waals surface area (Å²) in [5, 5.41) is 5.15.